The Morgan fingerprint density at radius 3 is 1.88 bits per heavy atom. The van der Waals surface area contributed by atoms with Crippen molar-refractivity contribution in [3.05, 3.63) is 54.1 Å². The van der Waals surface area contributed by atoms with Crippen LogP contribution in [0.2, 0.25) is 0 Å². The molecule has 0 unspecified atom stereocenters. The monoisotopic (exact) mass is 217 g/mol. The van der Waals surface area contributed by atoms with Gasteiger partial charge in [-0.2, -0.15) is 0 Å². The highest BCUT2D eigenvalue weighted by molar-refractivity contribution is 5.78. The van der Waals surface area contributed by atoms with Crippen LogP contribution in [0, 0.1) is 6.92 Å². The molecule has 0 radical (unpaired) electrons. The maximum Gasteiger partial charge on any atom is 0.0393 e. The number of benzene rings is 2. The maximum absolute atomic E-state index is 6.00. The van der Waals surface area contributed by atoms with E-state index in [2.05, 4.69) is 25.1 Å². The molecule has 3 heteroatoms. The molecule has 2 rings (SSSR count). The van der Waals surface area contributed by atoms with Crippen molar-refractivity contribution in [2.75, 3.05) is 5.73 Å². The SMILES string of the molecule is Cc1ccccc1-c1ccccc1N.OO. The standard InChI is InChI=1S/C13H13N.H2O2/c1-10-6-2-3-7-11(10)12-8-4-5-9-13(12)14;1-2/h2-9H,14H2,1H3;1-2H. The lowest BCUT2D eigenvalue weighted by Gasteiger charge is -2.07. The van der Waals surface area contributed by atoms with Crippen LogP contribution in [0.1, 0.15) is 5.56 Å². The number of nitrogen functional groups attached to an aromatic ring is 1. The van der Waals surface area contributed by atoms with Gasteiger partial charge in [-0.15, -0.1) is 0 Å². The predicted octanol–water partition coefficient (Wildman–Crippen LogP) is 3.26. The zero-order chi connectivity index (χ0) is 12.0. The van der Waals surface area contributed by atoms with Gasteiger partial charge in [0.25, 0.3) is 0 Å². The van der Waals surface area contributed by atoms with Crippen LogP contribution in [0.3, 0.4) is 0 Å². The Labute approximate surface area is 94.7 Å². The van der Waals surface area contributed by atoms with Gasteiger partial charge in [-0.1, -0.05) is 42.5 Å². The summed E-state index contributed by atoms with van der Waals surface area (Å²) in [6.45, 7) is 2.10. The highest BCUT2D eigenvalue weighted by Gasteiger charge is 2.02. The third-order valence-electron chi connectivity index (χ3n) is 2.40. The summed E-state index contributed by atoms with van der Waals surface area (Å²) in [5, 5.41) is 12.0. The fourth-order valence-corrected chi connectivity index (χ4v) is 1.62. The Bertz CT molecular complexity index is 412. The third kappa shape index (κ3) is 2.59. The van der Waals surface area contributed by atoms with E-state index in [1.807, 2.05) is 30.3 Å². The average molecular weight is 217 g/mol. The minimum atomic E-state index is 0.835. The quantitative estimate of drug-likeness (QED) is 0.390. The smallest absolute Gasteiger partial charge is 0.0393 e. The van der Waals surface area contributed by atoms with Gasteiger partial charge in [0.1, 0.15) is 0 Å². The minimum Gasteiger partial charge on any atom is -0.398 e. The number of rotatable bonds is 1. The Kier molecular flexibility index (Phi) is 4.51. The third-order valence-corrected chi connectivity index (χ3v) is 2.40. The largest absolute Gasteiger partial charge is 0.398 e. The van der Waals surface area contributed by atoms with Gasteiger partial charge in [0.2, 0.25) is 0 Å². The van der Waals surface area contributed by atoms with E-state index in [1.54, 1.807) is 0 Å². The van der Waals surface area contributed by atoms with E-state index < -0.39 is 0 Å². The first-order valence-electron chi connectivity index (χ1n) is 4.89. The molecule has 2 aromatic rings. The lowest BCUT2D eigenvalue weighted by Crippen LogP contribution is -1.90. The Hall–Kier alpha value is -1.84. The number of para-hydroxylation sites is 1. The van der Waals surface area contributed by atoms with Gasteiger partial charge in [-0.05, 0) is 24.1 Å². The van der Waals surface area contributed by atoms with Crippen LogP contribution in [0.15, 0.2) is 48.5 Å². The summed E-state index contributed by atoms with van der Waals surface area (Å²) in [7, 11) is 0. The second-order valence-corrected chi connectivity index (χ2v) is 3.40. The molecule has 0 heterocycles. The van der Waals surface area contributed by atoms with Crippen LogP contribution in [0.25, 0.3) is 11.1 Å². The fourth-order valence-electron chi connectivity index (χ4n) is 1.62. The Morgan fingerprint density at radius 1 is 0.812 bits per heavy atom. The van der Waals surface area contributed by atoms with Gasteiger partial charge >= 0.3 is 0 Å². The van der Waals surface area contributed by atoms with Crippen LogP contribution in [0.4, 0.5) is 5.69 Å². The summed E-state index contributed by atoms with van der Waals surface area (Å²) in [4.78, 5) is 0. The van der Waals surface area contributed by atoms with Gasteiger partial charge < -0.3 is 5.73 Å². The van der Waals surface area contributed by atoms with Crippen molar-refractivity contribution in [2.45, 2.75) is 6.92 Å². The summed E-state index contributed by atoms with van der Waals surface area (Å²) < 4.78 is 0. The Balaban J connectivity index is 0.000000606. The molecule has 3 nitrogen and oxygen atoms in total. The Morgan fingerprint density at radius 2 is 1.31 bits per heavy atom. The van der Waals surface area contributed by atoms with Gasteiger partial charge in [0, 0.05) is 11.3 Å². The molecule has 0 atom stereocenters. The molecular formula is C13H15NO2. The first-order chi connectivity index (χ1) is 7.79. The molecule has 4 N–H and O–H groups in total. The molecule has 0 saturated heterocycles. The zero-order valence-electron chi connectivity index (χ0n) is 9.09. The van der Waals surface area contributed by atoms with E-state index in [-0.39, 0.29) is 0 Å². The molecule has 84 valence electrons. The van der Waals surface area contributed by atoms with E-state index in [4.69, 9.17) is 16.2 Å². The molecule has 0 aliphatic heterocycles. The van der Waals surface area contributed by atoms with Gasteiger partial charge in [0.15, 0.2) is 0 Å². The number of anilines is 1. The summed E-state index contributed by atoms with van der Waals surface area (Å²) >= 11 is 0. The number of hydrogen-bond acceptors (Lipinski definition) is 3. The van der Waals surface area contributed by atoms with Crippen LogP contribution in [0.5, 0.6) is 0 Å². The van der Waals surface area contributed by atoms with Crippen LogP contribution >= 0.6 is 0 Å². The number of aryl methyl sites for hydroxylation is 1. The summed E-state index contributed by atoms with van der Waals surface area (Å²) in [5.41, 5.74) is 10.3. The van der Waals surface area contributed by atoms with Crippen molar-refractivity contribution in [1.29, 1.82) is 0 Å². The highest BCUT2D eigenvalue weighted by atomic mass is 17.0. The molecule has 0 amide bonds. The van der Waals surface area contributed by atoms with E-state index in [9.17, 15) is 0 Å². The van der Waals surface area contributed by atoms with E-state index in [0.29, 0.717) is 0 Å². The first-order valence-corrected chi connectivity index (χ1v) is 4.89. The average Bonchev–Trinajstić information content (AvgIpc) is 2.34. The first kappa shape index (κ1) is 12.2. The summed E-state index contributed by atoms with van der Waals surface area (Å²) in [5.74, 6) is 0. The molecular weight excluding hydrogens is 202 g/mol. The minimum absolute atomic E-state index is 0.835. The van der Waals surface area contributed by atoms with Gasteiger partial charge in [0.05, 0.1) is 0 Å². The van der Waals surface area contributed by atoms with Crippen molar-refractivity contribution >= 4 is 5.69 Å². The molecule has 0 fully saturated rings. The second-order valence-electron chi connectivity index (χ2n) is 3.40. The lowest BCUT2D eigenvalue weighted by molar-refractivity contribution is -0.176. The lowest BCUT2D eigenvalue weighted by atomic mass is 9.99. The van der Waals surface area contributed by atoms with Gasteiger partial charge in [-0.25, -0.2) is 0 Å². The van der Waals surface area contributed by atoms with E-state index in [0.717, 1.165) is 11.3 Å². The van der Waals surface area contributed by atoms with Crippen LogP contribution < -0.4 is 5.73 Å². The maximum atomic E-state index is 6.00. The van der Waals surface area contributed by atoms with E-state index >= 15 is 0 Å². The molecule has 0 saturated carbocycles. The number of nitrogens with two attached hydrogens (primary N) is 1. The van der Waals surface area contributed by atoms with Crippen molar-refractivity contribution in [2.24, 2.45) is 0 Å². The van der Waals surface area contributed by atoms with Crippen molar-refractivity contribution in [1.82, 2.24) is 0 Å². The summed E-state index contributed by atoms with van der Waals surface area (Å²) in [6.07, 6.45) is 0. The van der Waals surface area contributed by atoms with Crippen molar-refractivity contribution in [3.8, 4) is 11.1 Å². The normalized spacial score (nSPS) is 9.19. The molecule has 2 aromatic carbocycles. The molecule has 0 aliphatic rings. The second kappa shape index (κ2) is 5.90. The summed E-state index contributed by atoms with van der Waals surface area (Å²) in [6, 6.07) is 16.2. The fraction of sp³-hybridized carbons (Fsp3) is 0.0769. The van der Waals surface area contributed by atoms with Crippen LogP contribution in [-0.4, -0.2) is 10.5 Å². The molecule has 0 bridgehead atoms. The molecule has 0 aliphatic carbocycles. The highest BCUT2D eigenvalue weighted by Crippen LogP contribution is 2.27. The molecule has 0 aromatic heterocycles. The van der Waals surface area contributed by atoms with Gasteiger partial charge in [-0.3, -0.25) is 10.5 Å². The number of hydrogen-bond donors (Lipinski definition) is 3. The van der Waals surface area contributed by atoms with Crippen LogP contribution in [-0.2, 0) is 0 Å². The van der Waals surface area contributed by atoms with E-state index in [1.165, 1.54) is 11.1 Å². The van der Waals surface area contributed by atoms with Crippen molar-refractivity contribution in [3.63, 3.8) is 0 Å². The molecule has 0 spiro atoms. The topological polar surface area (TPSA) is 66.5 Å². The molecule has 16 heavy (non-hydrogen) atoms. The van der Waals surface area contributed by atoms with Crippen molar-refractivity contribution < 1.29 is 10.5 Å². The zero-order valence-corrected chi connectivity index (χ0v) is 9.09. The predicted molar refractivity (Wildman–Crippen MR) is 66.3 cm³/mol.